The number of carbonyl (C=O) groups excluding carboxylic acids is 4. The van der Waals surface area contributed by atoms with Gasteiger partial charge in [-0.1, -0.05) is 30.3 Å². The van der Waals surface area contributed by atoms with Crippen molar-refractivity contribution in [2.45, 2.75) is 83.7 Å². The summed E-state index contributed by atoms with van der Waals surface area (Å²) in [7, 11) is 0. The van der Waals surface area contributed by atoms with Gasteiger partial charge in [-0.25, -0.2) is 9.59 Å². The topological polar surface area (TPSA) is 123 Å². The molecule has 202 valence electrons. The number of hydrogen-bond donors (Lipinski definition) is 2. The Hall–Kier alpha value is -3.21. The van der Waals surface area contributed by atoms with Gasteiger partial charge in [0, 0.05) is 0 Å². The normalized spacial score (nSPS) is 20.3. The van der Waals surface area contributed by atoms with Gasteiger partial charge in [0.2, 0.25) is 5.91 Å². The molecule has 2 N–H and O–H groups in total. The van der Waals surface area contributed by atoms with E-state index in [1.165, 1.54) is 16.7 Å². The van der Waals surface area contributed by atoms with E-state index in [9.17, 15) is 19.2 Å². The predicted molar refractivity (Wildman–Crippen MR) is 138 cm³/mol. The molecule has 3 atom stereocenters. The third-order valence-corrected chi connectivity index (χ3v) is 6.34. The lowest BCUT2D eigenvalue weighted by Crippen LogP contribution is -2.71. The van der Waals surface area contributed by atoms with E-state index >= 15 is 0 Å². The summed E-state index contributed by atoms with van der Waals surface area (Å²) in [5, 5.41) is 4.82. The monoisotopic (exact) mass is 533 g/mol. The zero-order chi connectivity index (χ0) is 27.5. The van der Waals surface area contributed by atoms with E-state index in [1.54, 1.807) is 48.5 Å². The van der Waals surface area contributed by atoms with E-state index in [1.807, 2.05) is 30.3 Å². The van der Waals surface area contributed by atoms with Crippen LogP contribution in [0.25, 0.3) is 0 Å². The van der Waals surface area contributed by atoms with Crippen molar-refractivity contribution in [3.8, 4) is 0 Å². The number of nitrogens with zero attached hydrogens (tertiary/aromatic N) is 1. The van der Waals surface area contributed by atoms with Crippen molar-refractivity contribution in [2.24, 2.45) is 0 Å². The van der Waals surface area contributed by atoms with Crippen molar-refractivity contribution >= 4 is 35.6 Å². The molecule has 1 fully saturated rings. The predicted octanol–water partition coefficient (Wildman–Crippen LogP) is 3.07. The van der Waals surface area contributed by atoms with E-state index in [0.717, 1.165) is 5.56 Å². The molecule has 2 heterocycles. The minimum atomic E-state index is -0.859. The molecule has 0 radical (unpaired) electrons. The van der Waals surface area contributed by atoms with Crippen LogP contribution >= 0.6 is 11.8 Å². The first-order valence-corrected chi connectivity index (χ1v) is 13.1. The van der Waals surface area contributed by atoms with Crippen LogP contribution in [-0.4, -0.2) is 63.4 Å². The number of carbonyl (C=O) groups is 4. The van der Waals surface area contributed by atoms with Crippen molar-refractivity contribution in [2.75, 3.05) is 5.75 Å². The largest absolute Gasteiger partial charge is 0.472 e. The van der Waals surface area contributed by atoms with Crippen LogP contribution in [0.1, 0.15) is 54.0 Å². The highest BCUT2D eigenvalue weighted by Gasteiger charge is 2.55. The van der Waals surface area contributed by atoms with Gasteiger partial charge >= 0.3 is 12.1 Å². The second-order valence-corrected chi connectivity index (χ2v) is 11.9. The Morgan fingerprint density at radius 3 is 2.27 bits per heavy atom. The van der Waals surface area contributed by atoms with Crippen molar-refractivity contribution in [1.82, 2.24) is 15.5 Å². The van der Waals surface area contributed by atoms with Gasteiger partial charge in [-0.3, -0.25) is 14.5 Å². The summed E-state index contributed by atoms with van der Waals surface area (Å²) < 4.78 is 16.8. The third-order valence-electron chi connectivity index (χ3n) is 5.09. The summed E-state index contributed by atoms with van der Waals surface area (Å²) in [5.74, 6) is -1.01. The Morgan fingerprint density at radius 2 is 1.68 bits per heavy atom. The van der Waals surface area contributed by atoms with Gasteiger partial charge in [0.1, 0.15) is 28.4 Å². The van der Waals surface area contributed by atoms with Crippen molar-refractivity contribution in [3.63, 3.8) is 0 Å². The minimum Gasteiger partial charge on any atom is -0.472 e. The van der Waals surface area contributed by atoms with E-state index in [-0.39, 0.29) is 29.5 Å². The molecule has 0 spiro atoms. The number of rotatable bonds is 7. The molecule has 0 saturated carbocycles. The van der Waals surface area contributed by atoms with Gasteiger partial charge < -0.3 is 24.8 Å². The first-order valence-electron chi connectivity index (χ1n) is 12.1. The molecule has 3 amide bonds. The van der Waals surface area contributed by atoms with E-state index in [4.69, 9.17) is 14.2 Å². The number of β-lactam (4-membered cyclic amide) rings is 1. The Bertz CT molecular complexity index is 1080. The lowest BCUT2D eigenvalue weighted by molar-refractivity contribution is -0.159. The second-order valence-electron chi connectivity index (χ2n) is 10.8. The summed E-state index contributed by atoms with van der Waals surface area (Å²) in [4.78, 5) is 52.2. The number of thioether (sulfide) groups is 1. The average molecular weight is 534 g/mol. The van der Waals surface area contributed by atoms with Crippen LogP contribution in [0.5, 0.6) is 0 Å². The maximum atomic E-state index is 13.2. The van der Waals surface area contributed by atoms with E-state index in [0.29, 0.717) is 0 Å². The Kier molecular flexibility index (Phi) is 8.46. The second kappa shape index (κ2) is 11.0. The first-order chi connectivity index (χ1) is 17.1. The summed E-state index contributed by atoms with van der Waals surface area (Å²) >= 11 is 1.33. The standard InChI is InChI=1S/C26H35N3O7S/c1-15(27-18(30)13-16-11-9-8-10-12-16)34-17-14-37-22-19(28-24(33)36-26(5,6)7)21(31)29(22)20(17)23(32)35-25(2,3)4/h8-12,15,19,22H,13-14H2,1-7H3,(H,27,30)(H,28,33)/t15?,19-,22-/m0/s1. The van der Waals surface area contributed by atoms with Crippen molar-refractivity contribution in [3.05, 3.63) is 47.4 Å². The van der Waals surface area contributed by atoms with Crippen LogP contribution in [0.15, 0.2) is 41.8 Å². The van der Waals surface area contributed by atoms with Crippen molar-refractivity contribution in [1.29, 1.82) is 0 Å². The van der Waals surface area contributed by atoms with Crippen LogP contribution < -0.4 is 10.6 Å². The minimum absolute atomic E-state index is 0.0323. The zero-order valence-electron chi connectivity index (χ0n) is 22.2. The van der Waals surface area contributed by atoms with Gasteiger partial charge in [-0.15, -0.1) is 11.8 Å². The van der Waals surface area contributed by atoms with Gasteiger partial charge in [0.25, 0.3) is 5.91 Å². The number of esters is 1. The summed E-state index contributed by atoms with van der Waals surface area (Å²) in [6.07, 6.45) is -1.31. The fraction of sp³-hybridized carbons (Fsp3) is 0.538. The average Bonchev–Trinajstić information content (AvgIpc) is 2.75. The van der Waals surface area contributed by atoms with Gasteiger partial charge in [-0.05, 0) is 54.0 Å². The van der Waals surface area contributed by atoms with Crippen molar-refractivity contribution < 1.29 is 33.4 Å². The highest BCUT2D eigenvalue weighted by molar-refractivity contribution is 8.00. The molecule has 1 saturated heterocycles. The number of alkyl carbamates (subject to hydrolysis) is 1. The molecule has 1 aromatic carbocycles. The molecule has 0 bridgehead atoms. The lowest BCUT2D eigenvalue weighted by atomic mass is 10.0. The Morgan fingerprint density at radius 1 is 1.05 bits per heavy atom. The Balaban J connectivity index is 1.75. The molecule has 1 unspecified atom stereocenters. The molecular formula is C26H35N3O7S. The number of nitrogens with one attached hydrogen (secondary N) is 2. The Labute approximate surface area is 221 Å². The van der Waals surface area contributed by atoms with Crippen LogP contribution in [0.2, 0.25) is 0 Å². The maximum Gasteiger partial charge on any atom is 0.408 e. The molecule has 2 aliphatic heterocycles. The first kappa shape index (κ1) is 28.4. The molecule has 10 nitrogen and oxygen atoms in total. The smallest absolute Gasteiger partial charge is 0.408 e. The van der Waals surface area contributed by atoms with Gasteiger partial charge in [0.15, 0.2) is 11.9 Å². The summed E-state index contributed by atoms with van der Waals surface area (Å²) in [6, 6.07) is 8.42. The molecule has 3 rings (SSSR count). The van der Waals surface area contributed by atoms with Crippen LogP contribution in [0.3, 0.4) is 0 Å². The SMILES string of the molecule is CC(NC(=O)Cc1ccccc1)OC1=C(C(=O)OC(C)(C)C)N2C(=O)[C@H](NC(=O)OC(C)(C)C)[C@@H]2SC1. The molecule has 37 heavy (non-hydrogen) atoms. The summed E-state index contributed by atoms with van der Waals surface area (Å²) in [5.41, 5.74) is -0.714. The number of ether oxygens (including phenoxy) is 3. The quantitative estimate of drug-likeness (QED) is 0.311. The number of hydrogen-bond acceptors (Lipinski definition) is 8. The highest BCUT2D eigenvalue weighted by atomic mass is 32.2. The molecule has 2 aliphatic rings. The fourth-order valence-electron chi connectivity index (χ4n) is 3.73. The van der Waals surface area contributed by atoms with Gasteiger partial charge in [0.05, 0.1) is 12.2 Å². The van der Waals surface area contributed by atoms with E-state index in [2.05, 4.69) is 10.6 Å². The molecule has 0 aromatic heterocycles. The van der Waals surface area contributed by atoms with Gasteiger partial charge in [-0.2, -0.15) is 0 Å². The molecule has 0 aliphatic carbocycles. The number of fused-ring (bicyclic) bond motifs is 1. The van der Waals surface area contributed by atoms with Crippen LogP contribution in [-0.2, 0) is 35.0 Å². The van der Waals surface area contributed by atoms with Crippen LogP contribution in [0, 0.1) is 0 Å². The molecular weight excluding hydrogens is 498 g/mol. The maximum absolute atomic E-state index is 13.2. The fourth-order valence-corrected chi connectivity index (χ4v) is 5.00. The number of amides is 3. The molecule has 1 aromatic rings. The molecule has 11 heteroatoms. The number of benzene rings is 1. The highest BCUT2D eigenvalue weighted by Crippen LogP contribution is 2.41. The van der Waals surface area contributed by atoms with E-state index < -0.39 is 46.8 Å². The van der Waals surface area contributed by atoms with Crippen LogP contribution in [0.4, 0.5) is 4.79 Å². The summed E-state index contributed by atoms with van der Waals surface area (Å²) in [6.45, 7) is 12.0. The lowest BCUT2D eigenvalue weighted by Gasteiger charge is -2.49. The third kappa shape index (κ3) is 7.64. The zero-order valence-corrected chi connectivity index (χ0v) is 23.1.